The van der Waals surface area contributed by atoms with Crippen molar-refractivity contribution in [1.82, 2.24) is 4.90 Å². The van der Waals surface area contributed by atoms with Gasteiger partial charge in [-0.2, -0.15) is 0 Å². The van der Waals surface area contributed by atoms with Gasteiger partial charge in [0.15, 0.2) is 0 Å². The number of aliphatic hydroxyl groups excluding tert-OH is 1. The molecule has 0 aliphatic carbocycles. The molecule has 0 spiro atoms. The van der Waals surface area contributed by atoms with E-state index >= 15 is 0 Å². The van der Waals surface area contributed by atoms with Crippen molar-refractivity contribution in [2.45, 2.75) is 25.8 Å². The first-order valence-corrected chi connectivity index (χ1v) is 5.94. The molecule has 2 atom stereocenters. The van der Waals surface area contributed by atoms with E-state index in [-0.39, 0.29) is 12.6 Å². The van der Waals surface area contributed by atoms with Gasteiger partial charge in [0.25, 0.3) is 0 Å². The number of nitrogens with two attached hydrogens (primary N) is 1. The lowest BCUT2D eigenvalue weighted by Gasteiger charge is -2.33. The molecule has 0 radical (unpaired) electrons. The molecule has 1 aliphatic rings. The van der Waals surface area contributed by atoms with Crippen molar-refractivity contribution in [2.75, 3.05) is 39.5 Å². The Hall–Kier alpha value is -0.160. The Kier molecular flexibility index (Phi) is 6.17. The van der Waals surface area contributed by atoms with Gasteiger partial charge in [-0.05, 0) is 19.4 Å². The summed E-state index contributed by atoms with van der Waals surface area (Å²) < 4.78 is 5.45. The molecule has 1 heterocycles. The van der Waals surface area contributed by atoms with Crippen LogP contribution in [0.5, 0.6) is 0 Å². The highest BCUT2D eigenvalue weighted by molar-refractivity contribution is 4.79. The monoisotopic (exact) mass is 216 g/mol. The van der Waals surface area contributed by atoms with Crippen LogP contribution in [0, 0.1) is 5.92 Å². The third-order valence-corrected chi connectivity index (χ3v) is 3.11. The van der Waals surface area contributed by atoms with Gasteiger partial charge in [-0.1, -0.05) is 6.92 Å². The minimum atomic E-state index is 0.268. The molecule has 0 saturated carbocycles. The van der Waals surface area contributed by atoms with Crippen LogP contribution < -0.4 is 5.73 Å². The topological polar surface area (TPSA) is 58.7 Å². The van der Waals surface area contributed by atoms with Crippen LogP contribution in [0.25, 0.3) is 0 Å². The van der Waals surface area contributed by atoms with Crippen molar-refractivity contribution < 1.29 is 9.84 Å². The summed E-state index contributed by atoms with van der Waals surface area (Å²) in [6.07, 6.45) is 1.82. The van der Waals surface area contributed by atoms with E-state index in [0.29, 0.717) is 5.92 Å². The lowest BCUT2D eigenvalue weighted by molar-refractivity contribution is 0.0261. The lowest BCUT2D eigenvalue weighted by Crippen LogP contribution is -2.45. The SMILES string of the molecule is CCN(CCCO)CC1COCCC1N. The molecule has 1 fully saturated rings. The highest BCUT2D eigenvalue weighted by Crippen LogP contribution is 2.14. The summed E-state index contributed by atoms with van der Waals surface area (Å²) in [6.45, 7) is 6.98. The van der Waals surface area contributed by atoms with E-state index in [9.17, 15) is 0 Å². The molecule has 1 saturated heterocycles. The Bertz CT molecular complexity index is 167. The molecule has 0 amide bonds. The van der Waals surface area contributed by atoms with Gasteiger partial charge in [-0.15, -0.1) is 0 Å². The Labute approximate surface area is 92.4 Å². The molecule has 90 valence electrons. The van der Waals surface area contributed by atoms with Crippen LogP contribution in [0.1, 0.15) is 19.8 Å². The summed E-state index contributed by atoms with van der Waals surface area (Å²) in [5, 5.41) is 8.79. The zero-order chi connectivity index (χ0) is 11.1. The van der Waals surface area contributed by atoms with Crippen LogP contribution in [-0.4, -0.2) is 55.5 Å². The van der Waals surface area contributed by atoms with Crippen molar-refractivity contribution in [1.29, 1.82) is 0 Å². The Morgan fingerprint density at radius 2 is 2.33 bits per heavy atom. The molecule has 0 aromatic carbocycles. The average Bonchev–Trinajstić information content (AvgIpc) is 2.26. The Balaban J connectivity index is 2.29. The Morgan fingerprint density at radius 3 is 2.93 bits per heavy atom. The smallest absolute Gasteiger partial charge is 0.0521 e. The predicted octanol–water partition coefficient (Wildman–Crippen LogP) is 0.0545. The summed E-state index contributed by atoms with van der Waals surface area (Å²) in [7, 11) is 0. The molecule has 1 rings (SSSR count). The predicted molar refractivity (Wildman–Crippen MR) is 60.7 cm³/mol. The Morgan fingerprint density at radius 1 is 1.53 bits per heavy atom. The van der Waals surface area contributed by atoms with Gasteiger partial charge < -0.3 is 20.5 Å². The molecule has 1 aliphatic heterocycles. The van der Waals surface area contributed by atoms with Crippen molar-refractivity contribution in [3.05, 3.63) is 0 Å². The lowest BCUT2D eigenvalue weighted by atomic mass is 9.96. The van der Waals surface area contributed by atoms with Crippen LogP contribution in [0.2, 0.25) is 0 Å². The van der Waals surface area contributed by atoms with E-state index in [1.54, 1.807) is 0 Å². The minimum Gasteiger partial charge on any atom is -0.396 e. The highest BCUT2D eigenvalue weighted by Gasteiger charge is 2.23. The van der Waals surface area contributed by atoms with Crippen LogP contribution in [0.3, 0.4) is 0 Å². The molecule has 4 nitrogen and oxygen atoms in total. The molecule has 3 N–H and O–H groups in total. The molecule has 2 unspecified atom stereocenters. The fourth-order valence-electron chi connectivity index (χ4n) is 2.01. The maximum absolute atomic E-state index is 8.79. The molecule has 0 bridgehead atoms. The second-order valence-electron chi connectivity index (χ2n) is 4.26. The summed E-state index contributed by atoms with van der Waals surface area (Å²) in [6, 6.07) is 0.280. The first kappa shape index (κ1) is 12.9. The van der Waals surface area contributed by atoms with Crippen LogP contribution in [0.15, 0.2) is 0 Å². The standard InChI is InChI=1S/C11H24N2O2/c1-2-13(5-3-6-14)8-10-9-15-7-4-11(10)12/h10-11,14H,2-9,12H2,1H3. The fourth-order valence-corrected chi connectivity index (χ4v) is 2.01. The summed E-state index contributed by atoms with van der Waals surface area (Å²) in [5.74, 6) is 0.456. The van der Waals surface area contributed by atoms with Crippen molar-refractivity contribution in [3.63, 3.8) is 0 Å². The van der Waals surface area contributed by atoms with E-state index < -0.39 is 0 Å². The van der Waals surface area contributed by atoms with E-state index in [0.717, 1.165) is 45.7 Å². The van der Waals surface area contributed by atoms with Crippen molar-refractivity contribution >= 4 is 0 Å². The normalized spacial score (nSPS) is 27.2. The first-order chi connectivity index (χ1) is 7.27. The zero-order valence-corrected chi connectivity index (χ0v) is 9.69. The summed E-state index contributed by atoms with van der Waals surface area (Å²) >= 11 is 0. The molecule has 0 aromatic heterocycles. The van der Waals surface area contributed by atoms with Gasteiger partial charge in [0.05, 0.1) is 6.61 Å². The number of hydrogen-bond donors (Lipinski definition) is 2. The van der Waals surface area contributed by atoms with Crippen LogP contribution in [-0.2, 0) is 4.74 Å². The quantitative estimate of drug-likeness (QED) is 0.659. The third-order valence-electron chi connectivity index (χ3n) is 3.11. The van der Waals surface area contributed by atoms with Gasteiger partial charge in [-0.25, -0.2) is 0 Å². The van der Waals surface area contributed by atoms with Gasteiger partial charge in [-0.3, -0.25) is 0 Å². The largest absolute Gasteiger partial charge is 0.396 e. The highest BCUT2D eigenvalue weighted by atomic mass is 16.5. The second kappa shape index (κ2) is 7.17. The maximum Gasteiger partial charge on any atom is 0.0521 e. The molecule has 0 aromatic rings. The first-order valence-electron chi connectivity index (χ1n) is 5.94. The van der Waals surface area contributed by atoms with Gasteiger partial charge in [0.2, 0.25) is 0 Å². The summed E-state index contributed by atoms with van der Waals surface area (Å²) in [5.41, 5.74) is 6.05. The fraction of sp³-hybridized carbons (Fsp3) is 1.00. The number of ether oxygens (including phenoxy) is 1. The summed E-state index contributed by atoms with van der Waals surface area (Å²) in [4.78, 5) is 2.34. The minimum absolute atomic E-state index is 0.268. The second-order valence-corrected chi connectivity index (χ2v) is 4.26. The molecular weight excluding hydrogens is 192 g/mol. The molecule has 4 heteroatoms. The van der Waals surface area contributed by atoms with Crippen molar-refractivity contribution in [2.24, 2.45) is 11.7 Å². The number of aliphatic hydroxyl groups is 1. The van der Waals surface area contributed by atoms with Crippen LogP contribution in [0.4, 0.5) is 0 Å². The van der Waals surface area contributed by atoms with Gasteiger partial charge in [0.1, 0.15) is 0 Å². The number of nitrogens with zero attached hydrogens (tertiary/aromatic N) is 1. The van der Waals surface area contributed by atoms with Gasteiger partial charge >= 0.3 is 0 Å². The molecule has 15 heavy (non-hydrogen) atoms. The van der Waals surface area contributed by atoms with Crippen LogP contribution >= 0.6 is 0 Å². The van der Waals surface area contributed by atoms with Crippen molar-refractivity contribution in [3.8, 4) is 0 Å². The van der Waals surface area contributed by atoms with E-state index in [1.165, 1.54) is 0 Å². The average molecular weight is 216 g/mol. The maximum atomic E-state index is 8.79. The number of rotatable bonds is 6. The van der Waals surface area contributed by atoms with E-state index in [1.807, 2.05) is 0 Å². The zero-order valence-electron chi connectivity index (χ0n) is 9.69. The third kappa shape index (κ3) is 4.47. The molecular formula is C11H24N2O2. The number of hydrogen-bond acceptors (Lipinski definition) is 4. The van der Waals surface area contributed by atoms with Gasteiger partial charge in [0, 0.05) is 38.3 Å². The van der Waals surface area contributed by atoms with E-state index in [2.05, 4.69) is 11.8 Å². The van der Waals surface area contributed by atoms with E-state index in [4.69, 9.17) is 15.6 Å².